The summed E-state index contributed by atoms with van der Waals surface area (Å²) >= 11 is 6.28. The largest absolute Gasteiger partial charge is 0.353 e. The molecule has 0 aliphatic carbocycles. The van der Waals surface area contributed by atoms with Gasteiger partial charge in [0.1, 0.15) is 23.8 Å². The van der Waals surface area contributed by atoms with Crippen LogP contribution < -0.4 is 4.90 Å². The van der Waals surface area contributed by atoms with E-state index in [0.717, 1.165) is 44.7 Å². The van der Waals surface area contributed by atoms with E-state index in [1.807, 2.05) is 64.2 Å². The van der Waals surface area contributed by atoms with E-state index < -0.39 is 26.6 Å². The standard InChI is InChI=1S/C28H22ClF2N5O2S/c29-20-8-4-9-21(16-20)36-17-22(19-6-2-1-3-7-19)25-27(32-18-33-28(25)36)34-12-14-35(15-13-34)39(37,38)26-23(30)10-5-11-24(26)31/h1-11,16-18H,12-15H2. The summed E-state index contributed by atoms with van der Waals surface area (Å²) in [6.07, 6.45) is 3.47. The van der Waals surface area contributed by atoms with E-state index in [2.05, 4.69) is 9.97 Å². The summed E-state index contributed by atoms with van der Waals surface area (Å²) in [6.45, 7) is 0.629. The van der Waals surface area contributed by atoms with Crippen LogP contribution in [-0.2, 0) is 10.0 Å². The molecule has 0 radical (unpaired) electrons. The molecule has 2 aromatic heterocycles. The Labute approximate surface area is 229 Å². The first-order valence-electron chi connectivity index (χ1n) is 12.2. The van der Waals surface area contributed by atoms with Gasteiger partial charge in [-0.1, -0.05) is 54.1 Å². The number of hydrogen-bond donors (Lipinski definition) is 0. The van der Waals surface area contributed by atoms with Gasteiger partial charge < -0.3 is 9.47 Å². The molecule has 0 saturated carbocycles. The minimum atomic E-state index is -4.35. The average Bonchev–Trinajstić information content (AvgIpc) is 3.33. The van der Waals surface area contributed by atoms with Crippen molar-refractivity contribution in [2.75, 3.05) is 31.1 Å². The van der Waals surface area contributed by atoms with E-state index in [-0.39, 0.29) is 26.2 Å². The zero-order valence-corrected chi connectivity index (χ0v) is 22.1. The third-order valence-corrected chi connectivity index (χ3v) is 8.98. The van der Waals surface area contributed by atoms with Crippen molar-refractivity contribution in [3.05, 3.63) is 102 Å². The summed E-state index contributed by atoms with van der Waals surface area (Å²) in [7, 11) is -4.35. The SMILES string of the molecule is O=S(=O)(c1c(F)cccc1F)N1CCN(c2ncnc3c2c(-c2ccccc2)cn3-c2cccc(Cl)c2)CC1. The first-order chi connectivity index (χ1) is 18.8. The molecule has 7 nitrogen and oxygen atoms in total. The van der Waals surface area contributed by atoms with Crippen LogP contribution in [0.4, 0.5) is 14.6 Å². The summed E-state index contributed by atoms with van der Waals surface area (Å²) in [5, 5.41) is 1.40. The molecule has 1 saturated heterocycles. The van der Waals surface area contributed by atoms with E-state index in [4.69, 9.17) is 11.6 Å². The molecule has 11 heteroatoms. The normalized spacial score (nSPS) is 14.7. The van der Waals surface area contributed by atoms with Crippen LogP contribution in [0.2, 0.25) is 5.02 Å². The van der Waals surface area contributed by atoms with Crippen molar-refractivity contribution in [3.8, 4) is 16.8 Å². The molecule has 1 aliphatic rings. The van der Waals surface area contributed by atoms with Crippen LogP contribution in [0.3, 0.4) is 0 Å². The second-order valence-electron chi connectivity index (χ2n) is 9.10. The average molecular weight is 566 g/mol. The molecule has 3 heterocycles. The van der Waals surface area contributed by atoms with Gasteiger partial charge >= 0.3 is 0 Å². The Morgan fingerprint density at radius 1 is 0.821 bits per heavy atom. The minimum Gasteiger partial charge on any atom is -0.353 e. The molecule has 0 N–H and O–H groups in total. The van der Waals surface area contributed by atoms with Gasteiger partial charge in [0.25, 0.3) is 0 Å². The monoisotopic (exact) mass is 565 g/mol. The van der Waals surface area contributed by atoms with Gasteiger partial charge in [0, 0.05) is 48.6 Å². The highest BCUT2D eigenvalue weighted by Gasteiger charge is 2.34. The molecule has 39 heavy (non-hydrogen) atoms. The van der Waals surface area contributed by atoms with Crippen LogP contribution in [-0.4, -0.2) is 53.4 Å². The Morgan fingerprint density at radius 3 is 2.21 bits per heavy atom. The number of piperazine rings is 1. The van der Waals surface area contributed by atoms with E-state index in [9.17, 15) is 17.2 Å². The van der Waals surface area contributed by atoms with Crippen molar-refractivity contribution in [2.24, 2.45) is 0 Å². The number of anilines is 1. The van der Waals surface area contributed by atoms with E-state index in [0.29, 0.717) is 16.5 Å². The second-order valence-corrected chi connectivity index (χ2v) is 11.4. The molecule has 0 spiro atoms. The van der Waals surface area contributed by atoms with Crippen molar-refractivity contribution in [3.63, 3.8) is 0 Å². The Morgan fingerprint density at radius 2 is 1.51 bits per heavy atom. The molecule has 3 aromatic carbocycles. The quantitative estimate of drug-likeness (QED) is 0.280. The third-order valence-electron chi connectivity index (χ3n) is 6.79. The molecule has 6 rings (SSSR count). The predicted octanol–water partition coefficient (Wildman–Crippen LogP) is 5.53. The molecular weight excluding hydrogens is 544 g/mol. The van der Waals surface area contributed by atoms with Crippen LogP contribution in [0, 0.1) is 11.6 Å². The fourth-order valence-electron chi connectivity index (χ4n) is 4.94. The number of nitrogens with zero attached hydrogens (tertiary/aromatic N) is 5. The Balaban J connectivity index is 1.40. The van der Waals surface area contributed by atoms with E-state index in [1.165, 1.54) is 6.33 Å². The Bertz CT molecular complexity index is 1770. The van der Waals surface area contributed by atoms with Crippen molar-refractivity contribution in [2.45, 2.75) is 4.90 Å². The molecule has 0 bridgehead atoms. The maximum atomic E-state index is 14.3. The number of benzene rings is 3. The number of aromatic nitrogens is 3. The summed E-state index contributed by atoms with van der Waals surface area (Å²) in [4.78, 5) is 10.2. The molecule has 0 unspecified atom stereocenters. The van der Waals surface area contributed by atoms with Crippen molar-refractivity contribution < 1.29 is 17.2 Å². The Hall–Kier alpha value is -3.86. The highest BCUT2D eigenvalue weighted by Crippen LogP contribution is 2.37. The van der Waals surface area contributed by atoms with Crippen molar-refractivity contribution >= 4 is 38.5 Å². The van der Waals surface area contributed by atoms with Gasteiger partial charge in [-0.05, 0) is 35.9 Å². The molecule has 198 valence electrons. The van der Waals surface area contributed by atoms with Gasteiger partial charge in [-0.3, -0.25) is 0 Å². The lowest BCUT2D eigenvalue weighted by Gasteiger charge is -2.35. The fourth-order valence-corrected chi connectivity index (χ4v) is 6.66. The van der Waals surface area contributed by atoms with Crippen LogP contribution in [0.25, 0.3) is 27.8 Å². The van der Waals surface area contributed by atoms with E-state index in [1.54, 1.807) is 6.07 Å². The van der Waals surface area contributed by atoms with Gasteiger partial charge in [-0.2, -0.15) is 4.31 Å². The lowest BCUT2D eigenvalue weighted by atomic mass is 10.1. The molecule has 5 aromatic rings. The molecular formula is C28H22ClF2N5O2S. The third kappa shape index (κ3) is 4.54. The summed E-state index contributed by atoms with van der Waals surface area (Å²) in [5.74, 6) is -1.57. The van der Waals surface area contributed by atoms with Crippen molar-refractivity contribution in [1.82, 2.24) is 18.8 Å². The predicted molar refractivity (Wildman–Crippen MR) is 147 cm³/mol. The van der Waals surface area contributed by atoms with Gasteiger partial charge in [-0.25, -0.2) is 27.2 Å². The second kappa shape index (κ2) is 10.0. The lowest BCUT2D eigenvalue weighted by Crippen LogP contribution is -2.49. The maximum absolute atomic E-state index is 14.3. The molecule has 0 amide bonds. The number of rotatable bonds is 5. The van der Waals surface area contributed by atoms with Gasteiger partial charge in [-0.15, -0.1) is 0 Å². The fraction of sp³-hybridized carbons (Fsp3) is 0.143. The van der Waals surface area contributed by atoms with Gasteiger partial charge in [0.05, 0.1) is 5.39 Å². The summed E-state index contributed by atoms with van der Waals surface area (Å²) < 4.78 is 57.9. The summed E-state index contributed by atoms with van der Waals surface area (Å²) in [6, 6.07) is 20.3. The zero-order chi connectivity index (χ0) is 27.1. The summed E-state index contributed by atoms with van der Waals surface area (Å²) in [5.41, 5.74) is 3.38. The molecule has 1 aliphatic heterocycles. The Kier molecular flexibility index (Phi) is 6.54. The van der Waals surface area contributed by atoms with Crippen LogP contribution >= 0.6 is 11.6 Å². The topological polar surface area (TPSA) is 71.3 Å². The number of halogens is 3. The first kappa shape index (κ1) is 25.4. The van der Waals surface area contributed by atoms with Crippen LogP contribution in [0.1, 0.15) is 0 Å². The van der Waals surface area contributed by atoms with Crippen molar-refractivity contribution in [1.29, 1.82) is 0 Å². The number of hydrogen-bond acceptors (Lipinski definition) is 5. The number of sulfonamides is 1. The number of fused-ring (bicyclic) bond motifs is 1. The lowest BCUT2D eigenvalue weighted by molar-refractivity contribution is 0.378. The highest BCUT2D eigenvalue weighted by molar-refractivity contribution is 7.89. The van der Waals surface area contributed by atoms with Crippen LogP contribution in [0.15, 0.2) is 90.2 Å². The van der Waals surface area contributed by atoms with Crippen LogP contribution in [0.5, 0.6) is 0 Å². The molecule has 0 atom stereocenters. The highest BCUT2D eigenvalue weighted by atomic mass is 35.5. The minimum absolute atomic E-state index is 0.0390. The zero-order valence-electron chi connectivity index (χ0n) is 20.5. The van der Waals surface area contributed by atoms with Gasteiger partial charge in [0.15, 0.2) is 10.5 Å². The maximum Gasteiger partial charge on any atom is 0.249 e. The first-order valence-corrected chi connectivity index (χ1v) is 14.0. The smallest absolute Gasteiger partial charge is 0.249 e. The molecule has 1 fully saturated rings. The van der Waals surface area contributed by atoms with Gasteiger partial charge in [0.2, 0.25) is 10.0 Å². The van der Waals surface area contributed by atoms with E-state index >= 15 is 0 Å².